The van der Waals surface area contributed by atoms with Crippen molar-refractivity contribution in [2.75, 3.05) is 6.54 Å². The molecule has 0 aliphatic carbocycles. The van der Waals surface area contributed by atoms with Crippen LogP contribution in [-0.2, 0) is 6.54 Å². The molecule has 136 valence electrons. The van der Waals surface area contributed by atoms with Crippen molar-refractivity contribution in [1.82, 2.24) is 20.3 Å². The van der Waals surface area contributed by atoms with E-state index in [1.165, 1.54) is 23.1 Å². The molecule has 4 rings (SSSR count). The van der Waals surface area contributed by atoms with Gasteiger partial charge in [-0.1, -0.05) is 48.8 Å². The lowest BCUT2D eigenvalue weighted by Crippen LogP contribution is -2.23. The van der Waals surface area contributed by atoms with E-state index in [9.17, 15) is 0 Å². The van der Waals surface area contributed by atoms with Crippen LogP contribution in [0.15, 0.2) is 41.1 Å². The standard InChI is InChI=1S/C21H26N4O/c1-14(2)20-11-18(24-26-20)19-5-4-10-25(19)13-17-12-22-23-21(17)16-8-6-15(3)7-9-16/h6-9,11-12,14,19H,4-5,10,13H2,1-3H3,(H,22,23)/t19-/m0/s1. The number of hydrogen-bond acceptors (Lipinski definition) is 4. The Bertz CT molecular complexity index is 862. The van der Waals surface area contributed by atoms with Crippen LogP contribution in [0.2, 0.25) is 0 Å². The van der Waals surface area contributed by atoms with Gasteiger partial charge in [-0.15, -0.1) is 0 Å². The zero-order valence-corrected chi connectivity index (χ0v) is 15.7. The molecule has 26 heavy (non-hydrogen) atoms. The fourth-order valence-corrected chi connectivity index (χ4v) is 3.70. The van der Waals surface area contributed by atoms with Gasteiger partial charge < -0.3 is 4.52 Å². The number of likely N-dealkylation sites (tertiary alicyclic amines) is 1. The Morgan fingerprint density at radius 2 is 2.08 bits per heavy atom. The minimum Gasteiger partial charge on any atom is -0.361 e. The fraction of sp³-hybridized carbons (Fsp3) is 0.429. The van der Waals surface area contributed by atoms with Gasteiger partial charge in [0.05, 0.1) is 17.9 Å². The van der Waals surface area contributed by atoms with Crippen LogP contribution >= 0.6 is 0 Å². The van der Waals surface area contributed by atoms with E-state index in [1.54, 1.807) is 0 Å². The molecule has 0 bridgehead atoms. The number of H-pyrrole nitrogens is 1. The Morgan fingerprint density at radius 1 is 1.27 bits per heavy atom. The summed E-state index contributed by atoms with van der Waals surface area (Å²) in [5.41, 5.74) is 5.85. The van der Waals surface area contributed by atoms with Crippen LogP contribution in [0.5, 0.6) is 0 Å². The molecule has 0 amide bonds. The average molecular weight is 350 g/mol. The van der Waals surface area contributed by atoms with Crippen LogP contribution in [0.25, 0.3) is 11.3 Å². The highest BCUT2D eigenvalue weighted by atomic mass is 16.5. The maximum Gasteiger partial charge on any atom is 0.139 e. The lowest BCUT2D eigenvalue weighted by atomic mass is 10.0. The first-order valence-electron chi connectivity index (χ1n) is 9.41. The zero-order chi connectivity index (χ0) is 18.1. The number of aryl methyl sites for hydroxylation is 1. The number of nitrogens with zero attached hydrogens (tertiary/aromatic N) is 3. The number of aromatic nitrogens is 3. The molecule has 1 aromatic carbocycles. The maximum absolute atomic E-state index is 5.53. The zero-order valence-electron chi connectivity index (χ0n) is 15.7. The molecule has 1 fully saturated rings. The van der Waals surface area contributed by atoms with Crippen molar-refractivity contribution < 1.29 is 4.52 Å². The summed E-state index contributed by atoms with van der Waals surface area (Å²) in [4.78, 5) is 2.49. The van der Waals surface area contributed by atoms with Crippen molar-refractivity contribution in [3.8, 4) is 11.3 Å². The van der Waals surface area contributed by atoms with Gasteiger partial charge >= 0.3 is 0 Å². The first kappa shape index (κ1) is 17.0. The van der Waals surface area contributed by atoms with Gasteiger partial charge in [-0.25, -0.2) is 0 Å². The van der Waals surface area contributed by atoms with Crippen molar-refractivity contribution in [3.63, 3.8) is 0 Å². The quantitative estimate of drug-likeness (QED) is 0.716. The Kier molecular flexibility index (Phi) is 4.64. The molecule has 1 N–H and O–H groups in total. The van der Waals surface area contributed by atoms with Gasteiger partial charge in [0.15, 0.2) is 0 Å². The second-order valence-corrected chi connectivity index (χ2v) is 7.57. The van der Waals surface area contributed by atoms with Gasteiger partial charge in [0, 0.05) is 24.1 Å². The highest BCUT2D eigenvalue weighted by molar-refractivity contribution is 5.62. The predicted octanol–water partition coefficient (Wildman–Crippen LogP) is 4.83. The minimum absolute atomic E-state index is 0.326. The molecule has 5 nitrogen and oxygen atoms in total. The summed E-state index contributed by atoms with van der Waals surface area (Å²) in [6.45, 7) is 8.32. The first-order chi connectivity index (χ1) is 12.6. The summed E-state index contributed by atoms with van der Waals surface area (Å²) in [6, 6.07) is 11.0. The summed E-state index contributed by atoms with van der Waals surface area (Å²) in [5.74, 6) is 1.34. The van der Waals surface area contributed by atoms with Crippen molar-refractivity contribution in [1.29, 1.82) is 0 Å². The molecule has 0 spiro atoms. The number of hydrogen-bond donors (Lipinski definition) is 1. The molecule has 1 aliphatic rings. The van der Waals surface area contributed by atoms with Crippen LogP contribution in [0.1, 0.15) is 61.2 Å². The predicted molar refractivity (Wildman–Crippen MR) is 102 cm³/mol. The third kappa shape index (κ3) is 3.31. The Hall–Kier alpha value is -2.40. The fourth-order valence-electron chi connectivity index (χ4n) is 3.70. The molecule has 0 unspecified atom stereocenters. The van der Waals surface area contributed by atoms with E-state index >= 15 is 0 Å². The van der Waals surface area contributed by atoms with Crippen LogP contribution in [0.3, 0.4) is 0 Å². The van der Waals surface area contributed by atoms with E-state index in [4.69, 9.17) is 4.52 Å². The van der Waals surface area contributed by atoms with Crippen molar-refractivity contribution in [3.05, 3.63) is 59.1 Å². The molecular weight excluding hydrogens is 324 g/mol. The average Bonchev–Trinajstić information content (AvgIpc) is 3.35. The van der Waals surface area contributed by atoms with Crippen LogP contribution < -0.4 is 0 Å². The van der Waals surface area contributed by atoms with Crippen molar-refractivity contribution in [2.24, 2.45) is 0 Å². The number of aromatic amines is 1. The van der Waals surface area contributed by atoms with E-state index in [0.717, 1.165) is 36.7 Å². The summed E-state index contributed by atoms with van der Waals surface area (Å²) in [6.07, 6.45) is 4.26. The van der Waals surface area contributed by atoms with Crippen LogP contribution in [0, 0.1) is 6.92 Å². The number of nitrogens with one attached hydrogen (secondary N) is 1. The van der Waals surface area contributed by atoms with Gasteiger partial charge in [0.25, 0.3) is 0 Å². The number of rotatable bonds is 5. The summed E-state index contributed by atoms with van der Waals surface area (Å²) >= 11 is 0. The third-order valence-corrected chi connectivity index (χ3v) is 5.25. The maximum atomic E-state index is 5.53. The van der Waals surface area contributed by atoms with E-state index in [1.807, 2.05) is 6.20 Å². The molecule has 1 atom stereocenters. The molecule has 0 saturated carbocycles. The van der Waals surface area contributed by atoms with Crippen molar-refractivity contribution in [2.45, 2.75) is 52.1 Å². The Labute approximate surface area is 154 Å². The monoisotopic (exact) mass is 350 g/mol. The van der Waals surface area contributed by atoms with E-state index in [-0.39, 0.29) is 0 Å². The molecule has 1 aliphatic heterocycles. The van der Waals surface area contributed by atoms with E-state index in [0.29, 0.717) is 12.0 Å². The lowest BCUT2D eigenvalue weighted by molar-refractivity contribution is 0.236. The van der Waals surface area contributed by atoms with Gasteiger partial charge in [-0.2, -0.15) is 5.10 Å². The smallest absolute Gasteiger partial charge is 0.139 e. The van der Waals surface area contributed by atoms with E-state index in [2.05, 4.69) is 71.4 Å². The van der Waals surface area contributed by atoms with Gasteiger partial charge in [0.1, 0.15) is 11.5 Å². The SMILES string of the molecule is Cc1ccc(-c2[nH]ncc2CN2CCC[C@H]2c2cc(C(C)C)on2)cc1. The number of benzene rings is 1. The third-order valence-electron chi connectivity index (χ3n) is 5.25. The normalized spacial score (nSPS) is 18.1. The molecule has 2 aromatic heterocycles. The topological polar surface area (TPSA) is 58.0 Å². The molecular formula is C21H26N4O. The van der Waals surface area contributed by atoms with E-state index < -0.39 is 0 Å². The summed E-state index contributed by atoms with van der Waals surface area (Å²) in [7, 11) is 0. The highest BCUT2D eigenvalue weighted by Crippen LogP contribution is 2.35. The molecule has 0 radical (unpaired) electrons. The second kappa shape index (κ2) is 7.08. The molecule has 1 saturated heterocycles. The van der Waals surface area contributed by atoms with Gasteiger partial charge in [-0.3, -0.25) is 10.00 Å². The first-order valence-corrected chi connectivity index (χ1v) is 9.41. The molecule has 3 aromatic rings. The van der Waals surface area contributed by atoms with Gasteiger partial charge in [0.2, 0.25) is 0 Å². The van der Waals surface area contributed by atoms with Crippen molar-refractivity contribution >= 4 is 0 Å². The summed E-state index contributed by atoms with van der Waals surface area (Å²) in [5, 5.41) is 11.8. The minimum atomic E-state index is 0.326. The van der Waals surface area contributed by atoms with Crippen LogP contribution in [0.4, 0.5) is 0 Å². The molecule has 5 heteroatoms. The second-order valence-electron chi connectivity index (χ2n) is 7.57. The Balaban J connectivity index is 1.55. The highest BCUT2D eigenvalue weighted by Gasteiger charge is 2.29. The van der Waals surface area contributed by atoms with Gasteiger partial charge in [-0.05, 0) is 31.9 Å². The Morgan fingerprint density at radius 3 is 2.81 bits per heavy atom. The van der Waals surface area contributed by atoms with Crippen LogP contribution in [-0.4, -0.2) is 26.8 Å². The summed E-state index contributed by atoms with van der Waals surface area (Å²) < 4.78 is 5.53. The lowest BCUT2D eigenvalue weighted by Gasteiger charge is -2.22. The molecule has 3 heterocycles. The largest absolute Gasteiger partial charge is 0.361 e.